The molecule has 96 valence electrons. The summed E-state index contributed by atoms with van der Waals surface area (Å²) in [5.41, 5.74) is 0.792. The zero-order chi connectivity index (χ0) is 13.1. The molecule has 1 rings (SSSR count). The Morgan fingerprint density at radius 3 is 2.29 bits per heavy atom. The summed E-state index contributed by atoms with van der Waals surface area (Å²) in [6.07, 6.45) is 0. The van der Waals surface area contributed by atoms with E-state index >= 15 is 0 Å². The highest BCUT2D eigenvalue weighted by atomic mass is 32.2. The van der Waals surface area contributed by atoms with Gasteiger partial charge in [-0.15, -0.1) is 0 Å². The van der Waals surface area contributed by atoms with Crippen LogP contribution in [0.5, 0.6) is 0 Å². The van der Waals surface area contributed by atoms with Crippen LogP contribution in [0.4, 0.5) is 4.39 Å². The number of nitrogens with one attached hydrogen (secondary N) is 1. The number of benzene rings is 1. The Bertz CT molecular complexity index is 476. The van der Waals surface area contributed by atoms with E-state index in [4.69, 9.17) is 4.74 Å². The molecule has 0 saturated heterocycles. The van der Waals surface area contributed by atoms with Gasteiger partial charge in [-0.3, -0.25) is 0 Å². The standard InChI is InChI=1S/C11H16FNO3S/c1-8-6-10(12)7-9(2)11(8)17(14,15)13-4-5-16-3/h6-7,13H,4-5H2,1-3H3. The van der Waals surface area contributed by atoms with Crippen LogP contribution in [0.1, 0.15) is 11.1 Å². The average molecular weight is 261 g/mol. The molecule has 0 spiro atoms. The van der Waals surface area contributed by atoms with Crippen molar-refractivity contribution in [1.29, 1.82) is 0 Å². The summed E-state index contributed by atoms with van der Waals surface area (Å²) in [4.78, 5) is 0.134. The summed E-state index contributed by atoms with van der Waals surface area (Å²) in [6, 6.07) is 2.41. The predicted molar refractivity (Wildman–Crippen MR) is 62.9 cm³/mol. The molecule has 1 aromatic carbocycles. The van der Waals surface area contributed by atoms with Gasteiger partial charge in [-0.05, 0) is 37.1 Å². The van der Waals surface area contributed by atoms with Crippen LogP contribution in [-0.2, 0) is 14.8 Å². The molecule has 0 atom stereocenters. The predicted octanol–water partition coefficient (Wildman–Crippen LogP) is 1.37. The molecule has 0 aliphatic heterocycles. The van der Waals surface area contributed by atoms with Gasteiger partial charge in [0.1, 0.15) is 5.82 Å². The van der Waals surface area contributed by atoms with Crippen LogP contribution in [0.15, 0.2) is 17.0 Å². The molecule has 0 amide bonds. The Labute approximate surface area is 101 Å². The smallest absolute Gasteiger partial charge is 0.241 e. The molecule has 0 aromatic heterocycles. The van der Waals surface area contributed by atoms with Gasteiger partial charge < -0.3 is 4.74 Å². The second kappa shape index (κ2) is 5.57. The fraction of sp³-hybridized carbons (Fsp3) is 0.455. The summed E-state index contributed by atoms with van der Waals surface area (Å²) < 4.78 is 44.2. The molecular weight excluding hydrogens is 245 g/mol. The van der Waals surface area contributed by atoms with Gasteiger partial charge in [0.05, 0.1) is 11.5 Å². The van der Waals surface area contributed by atoms with Crippen molar-refractivity contribution in [3.05, 3.63) is 29.1 Å². The third-order valence-corrected chi connectivity index (χ3v) is 4.06. The Hall–Kier alpha value is -0.980. The van der Waals surface area contributed by atoms with Crippen LogP contribution >= 0.6 is 0 Å². The van der Waals surface area contributed by atoms with E-state index in [0.29, 0.717) is 17.7 Å². The van der Waals surface area contributed by atoms with Gasteiger partial charge in [0, 0.05) is 13.7 Å². The number of hydrogen-bond donors (Lipinski definition) is 1. The largest absolute Gasteiger partial charge is 0.383 e. The number of aryl methyl sites for hydroxylation is 2. The minimum atomic E-state index is -3.61. The van der Waals surface area contributed by atoms with E-state index in [1.807, 2.05) is 0 Å². The number of rotatable bonds is 5. The Balaban J connectivity index is 3.07. The molecule has 0 heterocycles. The summed E-state index contributed by atoms with van der Waals surface area (Å²) in [7, 11) is -2.12. The first-order valence-corrected chi connectivity index (χ1v) is 6.62. The summed E-state index contributed by atoms with van der Waals surface area (Å²) in [5.74, 6) is -0.434. The lowest BCUT2D eigenvalue weighted by atomic mass is 10.1. The lowest BCUT2D eigenvalue weighted by Crippen LogP contribution is -2.28. The van der Waals surface area contributed by atoms with Crippen molar-refractivity contribution in [3.63, 3.8) is 0 Å². The van der Waals surface area contributed by atoms with Crippen molar-refractivity contribution in [2.24, 2.45) is 0 Å². The maximum Gasteiger partial charge on any atom is 0.241 e. The van der Waals surface area contributed by atoms with E-state index in [2.05, 4.69) is 4.72 Å². The fourth-order valence-electron chi connectivity index (χ4n) is 1.67. The molecule has 1 N–H and O–H groups in total. The van der Waals surface area contributed by atoms with Gasteiger partial charge in [-0.25, -0.2) is 17.5 Å². The molecule has 6 heteroatoms. The molecule has 0 saturated carbocycles. The van der Waals surface area contributed by atoms with Gasteiger partial charge in [0.25, 0.3) is 0 Å². The summed E-state index contributed by atoms with van der Waals surface area (Å²) >= 11 is 0. The van der Waals surface area contributed by atoms with Crippen molar-refractivity contribution >= 4 is 10.0 Å². The molecule has 0 radical (unpaired) electrons. The van der Waals surface area contributed by atoms with Gasteiger partial charge in [0.2, 0.25) is 10.0 Å². The highest BCUT2D eigenvalue weighted by Crippen LogP contribution is 2.20. The summed E-state index contributed by atoms with van der Waals surface area (Å²) in [6.45, 7) is 3.62. The first kappa shape index (κ1) is 14.1. The van der Waals surface area contributed by atoms with Crippen LogP contribution in [0.25, 0.3) is 0 Å². The quantitative estimate of drug-likeness (QED) is 0.814. The molecule has 0 aliphatic rings. The van der Waals surface area contributed by atoms with E-state index < -0.39 is 15.8 Å². The van der Waals surface area contributed by atoms with Crippen LogP contribution < -0.4 is 4.72 Å². The second-order valence-corrected chi connectivity index (χ2v) is 5.46. The normalized spacial score (nSPS) is 11.8. The molecule has 0 bridgehead atoms. The Morgan fingerprint density at radius 2 is 1.82 bits per heavy atom. The van der Waals surface area contributed by atoms with Crippen molar-refractivity contribution in [1.82, 2.24) is 4.72 Å². The van der Waals surface area contributed by atoms with Crippen LogP contribution in [0.2, 0.25) is 0 Å². The second-order valence-electron chi connectivity index (χ2n) is 3.76. The zero-order valence-electron chi connectivity index (χ0n) is 10.1. The molecule has 0 unspecified atom stereocenters. The highest BCUT2D eigenvalue weighted by molar-refractivity contribution is 7.89. The molecular formula is C11H16FNO3S. The molecule has 4 nitrogen and oxygen atoms in total. The van der Waals surface area contributed by atoms with E-state index in [-0.39, 0.29) is 11.4 Å². The lowest BCUT2D eigenvalue weighted by molar-refractivity contribution is 0.204. The topological polar surface area (TPSA) is 55.4 Å². The number of hydrogen-bond acceptors (Lipinski definition) is 3. The maximum atomic E-state index is 13.1. The van der Waals surface area contributed by atoms with Crippen LogP contribution in [0.3, 0.4) is 0 Å². The lowest BCUT2D eigenvalue weighted by Gasteiger charge is -2.11. The fourth-order valence-corrected chi connectivity index (χ4v) is 3.13. The first-order valence-electron chi connectivity index (χ1n) is 5.14. The number of methoxy groups -OCH3 is 1. The molecule has 1 aromatic rings. The minimum Gasteiger partial charge on any atom is -0.383 e. The third-order valence-electron chi connectivity index (χ3n) is 2.29. The van der Waals surface area contributed by atoms with Crippen molar-refractivity contribution in [2.75, 3.05) is 20.3 Å². The molecule has 17 heavy (non-hydrogen) atoms. The Kier molecular flexibility index (Phi) is 4.62. The molecule has 0 aliphatic carbocycles. The van der Waals surface area contributed by atoms with E-state index in [0.717, 1.165) is 0 Å². The van der Waals surface area contributed by atoms with Gasteiger partial charge in [0.15, 0.2) is 0 Å². The maximum absolute atomic E-state index is 13.1. The number of halogens is 1. The third kappa shape index (κ3) is 3.49. The van der Waals surface area contributed by atoms with Crippen LogP contribution in [-0.4, -0.2) is 28.7 Å². The monoisotopic (exact) mass is 261 g/mol. The minimum absolute atomic E-state index is 0.134. The SMILES string of the molecule is COCCNS(=O)(=O)c1c(C)cc(F)cc1C. The van der Waals surface area contributed by atoms with E-state index in [9.17, 15) is 12.8 Å². The van der Waals surface area contributed by atoms with Crippen LogP contribution in [0, 0.1) is 19.7 Å². The first-order chi connectivity index (χ1) is 7.88. The average Bonchev–Trinajstić information content (AvgIpc) is 2.15. The van der Waals surface area contributed by atoms with Crippen molar-refractivity contribution in [3.8, 4) is 0 Å². The van der Waals surface area contributed by atoms with E-state index in [1.54, 1.807) is 13.8 Å². The number of ether oxygens (including phenoxy) is 1. The highest BCUT2D eigenvalue weighted by Gasteiger charge is 2.19. The van der Waals surface area contributed by atoms with Gasteiger partial charge >= 0.3 is 0 Å². The zero-order valence-corrected chi connectivity index (χ0v) is 10.9. The van der Waals surface area contributed by atoms with Gasteiger partial charge in [-0.1, -0.05) is 0 Å². The van der Waals surface area contributed by atoms with Crippen molar-refractivity contribution in [2.45, 2.75) is 18.7 Å². The van der Waals surface area contributed by atoms with E-state index in [1.165, 1.54) is 19.2 Å². The van der Waals surface area contributed by atoms with Crippen molar-refractivity contribution < 1.29 is 17.5 Å². The number of sulfonamides is 1. The Morgan fingerprint density at radius 1 is 1.29 bits per heavy atom. The van der Waals surface area contributed by atoms with Gasteiger partial charge in [-0.2, -0.15) is 0 Å². The molecule has 0 fully saturated rings. The summed E-state index contributed by atoms with van der Waals surface area (Å²) in [5, 5.41) is 0.